The molecule has 0 atom stereocenters. The molecular weight excluding hydrogens is 446 g/mol. The molecular formula is C27H27N3O3S. The summed E-state index contributed by atoms with van der Waals surface area (Å²) in [5.41, 5.74) is 5.16. The summed E-state index contributed by atoms with van der Waals surface area (Å²) in [7, 11) is 0. The van der Waals surface area contributed by atoms with Gasteiger partial charge in [0.25, 0.3) is 5.56 Å². The second kappa shape index (κ2) is 9.43. The average molecular weight is 474 g/mol. The van der Waals surface area contributed by atoms with E-state index in [0.717, 1.165) is 29.7 Å². The molecule has 2 aromatic heterocycles. The molecule has 0 saturated carbocycles. The smallest absolute Gasteiger partial charge is 0.263 e. The van der Waals surface area contributed by atoms with E-state index in [-0.39, 0.29) is 24.1 Å². The van der Waals surface area contributed by atoms with Crippen LogP contribution in [0, 0.1) is 0 Å². The summed E-state index contributed by atoms with van der Waals surface area (Å²) >= 11 is 1.46. The summed E-state index contributed by atoms with van der Waals surface area (Å²) in [6, 6.07) is 13.7. The van der Waals surface area contributed by atoms with Crippen LogP contribution in [0.1, 0.15) is 37.8 Å². The first kappa shape index (κ1) is 22.3. The number of nitrogens with one attached hydrogen (secondary N) is 1. The van der Waals surface area contributed by atoms with Gasteiger partial charge in [-0.15, -0.1) is 11.3 Å². The van der Waals surface area contributed by atoms with E-state index in [0.29, 0.717) is 15.9 Å². The first-order chi connectivity index (χ1) is 16.5. The minimum Gasteiger partial charge on any atom is -0.491 e. The highest BCUT2D eigenvalue weighted by molar-refractivity contribution is 7.17. The average Bonchev–Trinajstić information content (AvgIpc) is 3.26. The van der Waals surface area contributed by atoms with E-state index in [1.165, 1.54) is 46.2 Å². The Bertz CT molecular complexity index is 1400. The van der Waals surface area contributed by atoms with E-state index in [4.69, 9.17) is 4.74 Å². The van der Waals surface area contributed by atoms with Crippen molar-refractivity contribution in [2.24, 2.45) is 0 Å². The number of carbonyl (C=O) groups is 1. The first-order valence-electron chi connectivity index (χ1n) is 11.6. The lowest BCUT2D eigenvalue weighted by atomic mass is 9.89. The summed E-state index contributed by atoms with van der Waals surface area (Å²) in [5.74, 6) is 0.456. The van der Waals surface area contributed by atoms with E-state index in [1.54, 1.807) is 12.1 Å². The number of ether oxygens (including phenoxy) is 1. The lowest BCUT2D eigenvalue weighted by Crippen LogP contribution is -2.27. The standard InChI is InChI=1S/C27H27N3O3S/c1-17(2)33-22-11-9-21(10-12-22)29-24(31)14-30-16-28-26-25(27(30)32)23(15-34-26)20-8-7-18-5-3-4-6-19(18)13-20/h7-13,15-17H,3-6,14H2,1-2H3,(H,29,31). The number of carbonyl (C=O) groups excluding carboxylic acids is 1. The Morgan fingerprint density at radius 2 is 1.88 bits per heavy atom. The fourth-order valence-electron chi connectivity index (χ4n) is 4.44. The van der Waals surface area contributed by atoms with Gasteiger partial charge in [-0.3, -0.25) is 14.2 Å². The number of aromatic nitrogens is 2. The van der Waals surface area contributed by atoms with Crippen LogP contribution in [-0.2, 0) is 24.2 Å². The van der Waals surface area contributed by atoms with Crippen LogP contribution in [0.15, 0.2) is 59.0 Å². The molecule has 0 unspecified atom stereocenters. The van der Waals surface area contributed by atoms with Crippen molar-refractivity contribution in [2.75, 3.05) is 5.32 Å². The maximum atomic E-state index is 13.3. The van der Waals surface area contributed by atoms with Gasteiger partial charge >= 0.3 is 0 Å². The van der Waals surface area contributed by atoms with E-state index in [9.17, 15) is 9.59 Å². The monoisotopic (exact) mass is 473 g/mol. The minimum atomic E-state index is -0.286. The Kier molecular flexibility index (Phi) is 6.20. The third-order valence-electron chi connectivity index (χ3n) is 6.04. The molecule has 2 aromatic carbocycles. The summed E-state index contributed by atoms with van der Waals surface area (Å²) in [4.78, 5) is 31.1. The summed E-state index contributed by atoms with van der Waals surface area (Å²) < 4.78 is 7.01. The van der Waals surface area contributed by atoms with E-state index in [1.807, 2.05) is 31.4 Å². The molecule has 0 saturated heterocycles. The molecule has 2 heterocycles. The summed E-state index contributed by atoms with van der Waals surface area (Å²) in [5, 5.41) is 5.41. The van der Waals surface area contributed by atoms with Gasteiger partial charge in [-0.1, -0.05) is 18.2 Å². The number of anilines is 1. The fraction of sp³-hybridized carbons (Fsp3) is 0.296. The number of fused-ring (bicyclic) bond motifs is 2. The maximum absolute atomic E-state index is 13.3. The van der Waals surface area contributed by atoms with Gasteiger partial charge in [0.2, 0.25) is 5.91 Å². The van der Waals surface area contributed by atoms with Crippen molar-refractivity contribution >= 4 is 33.1 Å². The zero-order valence-corrected chi connectivity index (χ0v) is 20.2. The minimum absolute atomic E-state index is 0.0815. The third kappa shape index (κ3) is 4.61. The normalized spacial score (nSPS) is 13.1. The quantitative estimate of drug-likeness (QED) is 0.405. The second-order valence-corrected chi connectivity index (χ2v) is 9.80. The number of rotatable bonds is 6. The molecule has 4 aromatic rings. The summed E-state index contributed by atoms with van der Waals surface area (Å²) in [6.07, 6.45) is 6.18. The Labute approximate surface area is 202 Å². The van der Waals surface area contributed by atoms with Crippen LogP contribution in [0.5, 0.6) is 5.75 Å². The first-order valence-corrected chi connectivity index (χ1v) is 12.5. The predicted octanol–water partition coefficient (Wildman–Crippen LogP) is 5.43. The van der Waals surface area contributed by atoms with Gasteiger partial charge in [-0.05, 0) is 80.5 Å². The Balaban J connectivity index is 1.38. The molecule has 6 nitrogen and oxygen atoms in total. The molecule has 1 aliphatic rings. The van der Waals surface area contributed by atoms with Gasteiger partial charge in [0.05, 0.1) is 17.8 Å². The number of hydrogen-bond donors (Lipinski definition) is 1. The number of hydrogen-bond acceptors (Lipinski definition) is 5. The highest BCUT2D eigenvalue weighted by Crippen LogP contribution is 2.33. The van der Waals surface area contributed by atoms with Crippen LogP contribution in [0.25, 0.3) is 21.3 Å². The number of benzene rings is 2. The van der Waals surface area contributed by atoms with Crippen molar-refractivity contribution in [1.29, 1.82) is 0 Å². The topological polar surface area (TPSA) is 73.2 Å². The molecule has 0 radical (unpaired) electrons. The molecule has 1 amide bonds. The molecule has 5 rings (SSSR count). The molecule has 1 aliphatic carbocycles. The number of thiophene rings is 1. The molecule has 0 fully saturated rings. The van der Waals surface area contributed by atoms with Gasteiger partial charge in [-0.25, -0.2) is 4.98 Å². The third-order valence-corrected chi connectivity index (χ3v) is 6.93. The number of amides is 1. The predicted molar refractivity (Wildman–Crippen MR) is 137 cm³/mol. The molecule has 0 spiro atoms. The van der Waals surface area contributed by atoms with Crippen LogP contribution < -0.4 is 15.6 Å². The molecule has 0 bridgehead atoms. The van der Waals surface area contributed by atoms with Crippen LogP contribution >= 0.6 is 11.3 Å². The van der Waals surface area contributed by atoms with Crippen LogP contribution in [0.2, 0.25) is 0 Å². The highest BCUT2D eigenvalue weighted by Gasteiger charge is 2.17. The maximum Gasteiger partial charge on any atom is 0.263 e. The van der Waals surface area contributed by atoms with Gasteiger partial charge in [0, 0.05) is 16.6 Å². The van der Waals surface area contributed by atoms with Crippen molar-refractivity contribution in [3.05, 3.63) is 75.7 Å². The van der Waals surface area contributed by atoms with E-state index >= 15 is 0 Å². The summed E-state index contributed by atoms with van der Waals surface area (Å²) in [6.45, 7) is 3.82. The molecule has 0 aliphatic heterocycles. The Hall–Kier alpha value is -3.45. The van der Waals surface area contributed by atoms with Crippen LogP contribution in [0.4, 0.5) is 5.69 Å². The zero-order valence-electron chi connectivity index (χ0n) is 19.3. The van der Waals surface area contributed by atoms with E-state index < -0.39 is 0 Å². The molecule has 34 heavy (non-hydrogen) atoms. The number of aryl methyl sites for hydroxylation is 2. The van der Waals surface area contributed by atoms with Crippen LogP contribution in [0.3, 0.4) is 0 Å². The second-order valence-electron chi connectivity index (χ2n) is 8.94. The number of nitrogens with zero attached hydrogens (tertiary/aromatic N) is 2. The molecule has 7 heteroatoms. The van der Waals surface area contributed by atoms with Crippen molar-refractivity contribution < 1.29 is 9.53 Å². The Morgan fingerprint density at radius 1 is 1.12 bits per heavy atom. The fourth-order valence-corrected chi connectivity index (χ4v) is 5.34. The van der Waals surface area contributed by atoms with Gasteiger partial charge in [0.1, 0.15) is 17.1 Å². The van der Waals surface area contributed by atoms with Crippen molar-refractivity contribution in [3.8, 4) is 16.9 Å². The molecule has 174 valence electrons. The van der Waals surface area contributed by atoms with Crippen molar-refractivity contribution in [3.63, 3.8) is 0 Å². The largest absolute Gasteiger partial charge is 0.491 e. The Morgan fingerprint density at radius 3 is 2.65 bits per heavy atom. The van der Waals surface area contributed by atoms with Gasteiger partial charge in [-0.2, -0.15) is 0 Å². The zero-order chi connectivity index (χ0) is 23.7. The van der Waals surface area contributed by atoms with Gasteiger partial charge in [0.15, 0.2) is 0 Å². The van der Waals surface area contributed by atoms with Crippen molar-refractivity contribution in [1.82, 2.24) is 9.55 Å². The van der Waals surface area contributed by atoms with E-state index in [2.05, 4.69) is 28.5 Å². The van der Waals surface area contributed by atoms with Crippen LogP contribution in [-0.4, -0.2) is 21.6 Å². The lowest BCUT2D eigenvalue weighted by molar-refractivity contribution is -0.116. The SMILES string of the molecule is CC(C)Oc1ccc(NC(=O)Cn2cnc3scc(-c4ccc5c(c4)CCCC5)c3c2=O)cc1. The van der Waals surface area contributed by atoms with Gasteiger partial charge < -0.3 is 10.1 Å². The highest BCUT2D eigenvalue weighted by atomic mass is 32.1. The van der Waals surface area contributed by atoms with Crippen molar-refractivity contribution in [2.45, 2.75) is 52.2 Å². The lowest BCUT2D eigenvalue weighted by Gasteiger charge is -2.16. The molecule has 1 N–H and O–H groups in total.